The summed E-state index contributed by atoms with van der Waals surface area (Å²) in [7, 11) is 0. The Kier molecular flexibility index (Phi) is 4.69. The van der Waals surface area contributed by atoms with E-state index < -0.39 is 35.7 Å². The number of benzene rings is 1. The summed E-state index contributed by atoms with van der Waals surface area (Å²) in [5, 5.41) is 0. The van der Waals surface area contributed by atoms with Crippen molar-refractivity contribution >= 4 is 23.6 Å². The normalized spacial score (nSPS) is 30.2. The number of nitrogens with two attached hydrogens (primary N) is 1. The molecule has 7 nitrogen and oxygen atoms in total. The third-order valence-corrected chi connectivity index (χ3v) is 6.48. The van der Waals surface area contributed by atoms with E-state index >= 15 is 0 Å². The molecule has 4 unspecified atom stereocenters. The molecule has 1 aliphatic carbocycles. The van der Waals surface area contributed by atoms with Crippen LogP contribution < -0.4 is 5.73 Å². The van der Waals surface area contributed by atoms with Gasteiger partial charge < -0.3 is 10.6 Å². The van der Waals surface area contributed by atoms with Crippen molar-refractivity contribution in [3.63, 3.8) is 0 Å². The van der Waals surface area contributed by atoms with Crippen LogP contribution in [-0.4, -0.2) is 46.0 Å². The highest BCUT2D eigenvalue weighted by molar-refractivity contribution is 6.10. The molecule has 28 heavy (non-hydrogen) atoms. The second-order valence-corrected chi connectivity index (χ2v) is 7.90. The number of rotatable bonds is 4. The number of hydrogen-bond donors (Lipinski definition) is 1. The summed E-state index contributed by atoms with van der Waals surface area (Å²) in [5.41, 5.74) is 6.46. The third kappa shape index (κ3) is 2.64. The molecule has 0 radical (unpaired) electrons. The third-order valence-electron chi connectivity index (χ3n) is 6.48. The quantitative estimate of drug-likeness (QED) is 0.791. The van der Waals surface area contributed by atoms with Crippen molar-refractivity contribution < 1.29 is 19.2 Å². The molecule has 2 aliphatic heterocycles. The summed E-state index contributed by atoms with van der Waals surface area (Å²) in [6.07, 6.45) is 3.47. The van der Waals surface area contributed by atoms with E-state index in [1.54, 1.807) is 6.92 Å². The molecule has 3 aliphatic rings. The first-order valence-electron chi connectivity index (χ1n) is 9.99. The Morgan fingerprint density at radius 1 is 1.04 bits per heavy atom. The van der Waals surface area contributed by atoms with Crippen LogP contribution >= 0.6 is 0 Å². The zero-order chi connectivity index (χ0) is 20.0. The van der Waals surface area contributed by atoms with Crippen LogP contribution in [0.15, 0.2) is 30.3 Å². The molecule has 3 fully saturated rings. The number of carbonyl (C=O) groups is 4. The Balaban J connectivity index is 1.84. The fourth-order valence-corrected chi connectivity index (χ4v) is 5.26. The zero-order valence-electron chi connectivity index (χ0n) is 15.9. The molecule has 4 amide bonds. The Morgan fingerprint density at radius 2 is 1.64 bits per heavy atom. The average Bonchev–Trinajstić information content (AvgIpc) is 3.38. The van der Waals surface area contributed by atoms with E-state index in [1.807, 2.05) is 30.3 Å². The van der Waals surface area contributed by atoms with E-state index in [1.165, 1.54) is 9.80 Å². The second kappa shape index (κ2) is 7.04. The smallest absolute Gasteiger partial charge is 0.241 e. The summed E-state index contributed by atoms with van der Waals surface area (Å²) in [5.74, 6) is -3.45. The lowest BCUT2D eigenvalue weighted by molar-refractivity contribution is -0.148. The van der Waals surface area contributed by atoms with E-state index in [0.717, 1.165) is 31.2 Å². The number of primary amides is 1. The first-order chi connectivity index (χ1) is 13.5. The lowest BCUT2D eigenvalue weighted by Gasteiger charge is -2.34. The summed E-state index contributed by atoms with van der Waals surface area (Å²) >= 11 is 0. The van der Waals surface area contributed by atoms with Crippen molar-refractivity contribution in [2.24, 2.45) is 23.5 Å². The van der Waals surface area contributed by atoms with Crippen LogP contribution in [-0.2, 0) is 19.2 Å². The van der Waals surface area contributed by atoms with Gasteiger partial charge in [-0.05, 0) is 25.3 Å². The van der Waals surface area contributed by atoms with Gasteiger partial charge in [0.1, 0.15) is 6.04 Å². The van der Waals surface area contributed by atoms with Gasteiger partial charge in [-0.25, -0.2) is 0 Å². The van der Waals surface area contributed by atoms with Gasteiger partial charge in [0.25, 0.3) is 0 Å². The number of hydrogen-bond acceptors (Lipinski definition) is 4. The van der Waals surface area contributed by atoms with E-state index in [0.29, 0.717) is 0 Å². The molecule has 7 heteroatoms. The van der Waals surface area contributed by atoms with Crippen molar-refractivity contribution in [3.8, 4) is 0 Å². The molecular formula is C21H25N3O4. The number of likely N-dealkylation sites (tertiary alicyclic amines) is 2. The monoisotopic (exact) mass is 383 g/mol. The van der Waals surface area contributed by atoms with E-state index in [4.69, 9.17) is 5.73 Å². The van der Waals surface area contributed by atoms with Crippen molar-refractivity contribution in [2.45, 2.75) is 44.7 Å². The lowest BCUT2D eigenvalue weighted by Crippen LogP contribution is -2.51. The maximum Gasteiger partial charge on any atom is 0.241 e. The van der Waals surface area contributed by atoms with Crippen LogP contribution in [0.5, 0.6) is 0 Å². The summed E-state index contributed by atoms with van der Waals surface area (Å²) < 4.78 is 0. The van der Waals surface area contributed by atoms with Gasteiger partial charge in [0.2, 0.25) is 23.6 Å². The standard InChI is InChI=1S/C21H25N3O4/c1-2-23-20(27)14-15(21(23)28)17(18(22)25)24(19(26)13-10-6-7-11-13)16(14)12-8-4-3-5-9-12/h3-5,8-9,13-17H,2,6-7,10-11H2,1H3,(H2,22,25). The Bertz CT molecular complexity index is 818. The number of imide groups is 1. The minimum absolute atomic E-state index is 0.159. The maximum absolute atomic E-state index is 13.4. The topological polar surface area (TPSA) is 101 Å². The zero-order valence-corrected chi connectivity index (χ0v) is 15.9. The summed E-state index contributed by atoms with van der Waals surface area (Å²) in [6, 6.07) is 7.46. The molecule has 2 saturated heterocycles. The molecule has 1 aromatic carbocycles. The molecule has 2 heterocycles. The molecule has 1 aromatic rings. The van der Waals surface area contributed by atoms with E-state index in [2.05, 4.69) is 0 Å². The van der Waals surface area contributed by atoms with Crippen LogP contribution in [0.1, 0.15) is 44.2 Å². The minimum atomic E-state index is -1.09. The number of amides is 4. The molecule has 0 spiro atoms. The van der Waals surface area contributed by atoms with Crippen LogP contribution in [0.4, 0.5) is 0 Å². The molecule has 1 saturated carbocycles. The van der Waals surface area contributed by atoms with Crippen molar-refractivity contribution in [1.29, 1.82) is 0 Å². The van der Waals surface area contributed by atoms with Gasteiger partial charge in [-0.15, -0.1) is 0 Å². The van der Waals surface area contributed by atoms with Gasteiger partial charge in [-0.1, -0.05) is 43.2 Å². The van der Waals surface area contributed by atoms with Gasteiger partial charge in [-0.3, -0.25) is 24.1 Å². The lowest BCUT2D eigenvalue weighted by atomic mass is 9.86. The molecular weight excluding hydrogens is 358 g/mol. The first-order valence-corrected chi connectivity index (χ1v) is 9.99. The molecule has 2 N–H and O–H groups in total. The van der Waals surface area contributed by atoms with Crippen LogP contribution in [0.3, 0.4) is 0 Å². The van der Waals surface area contributed by atoms with Gasteiger partial charge >= 0.3 is 0 Å². The largest absolute Gasteiger partial charge is 0.368 e. The number of carbonyl (C=O) groups excluding carboxylic acids is 4. The van der Waals surface area contributed by atoms with E-state index in [9.17, 15) is 19.2 Å². The van der Waals surface area contributed by atoms with Gasteiger partial charge in [0.15, 0.2) is 0 Å². The highest BCUT2D eigenvalue weighted by Gasteiger charge is 2.65. The fraction of sp³-hybridized carbons (Fsp3) is 0.524. The highest BCUT2D eigenvalue weighted by Crippen LogP contribution is 2.51. The summed E-state index contributed by atoms with van der Waals surface area (Å²) in [4.78, 5) is 54.6. The molecule has 148 valence electrons. The van der Waals surface area contributed by atoms with Crippen molar-refractivity contribution in [2.75, 3.05) is 6.54 Å². The number of fused-ring (bicyclic) bond motifs is 1. The summed E-state index contributed by atoms with van der Waals surface area (Å²) in [6.45, 7) is 1.98. The van der Waals surface area contributed by atoms with E-state index in [-0.39, 0.29) is 24.3 Å². The Labute approximate surface area is 163 Å². The average molecular weight is 383 g/mol. The molecule has 0 aromatic heterocycles. The van der Waals surface area contributed by atoms with Crippen molar-refractivity contribution in [1.82, 2.24) is 9.80 Å². The second-order valence-electron chi connectivity index (χ2n) is 7.90. The Morgan fingerprint density at radius 3 is 2.21 bits per heavy atom. The number of nitrogens with zero attached hydrogens (tertiary/aromatic N) is 2. The SMILES string of the molecule is CCN1C(=O)C2C(C1=O)C(c1ccccc1)N(C(=O)C1CCCC1)C2C(N)=O. The van der Waals surface area contributed by atoms with Gasteiger partial charge in [0, 0.05) is 12.5 Å². The van der Waals surface area contributed by atoms with Gasteiger partial charge in [0.05, 0.1) is 17.9 Å². The molecule has 4 rings (SSSR count). The minimum Gasteiger partial charge on any atom is -0.368 e. The molecule has 4 atom stereocenters. The predicted octanol–water partition coefficient (Wildman–Crippen LogP) is 1.24. The fourth-order valence-electron chi connectivity index (χ4n) is 5.26. The van der Waals surface area contributed by atoms with Crippen LogP contribution in [0.2, 0.25) is 0 Å². The van der Waals surface area contributed by atoms with Crippen molar-refractivity contribution in [3.05, 3.63) is 35.9 Å². The highest BCUT2D eigenvalue weighted by atomic mass is 16.2. The Hall–Kier alpha value is -2.70. The molecule has 0 bridgehead atoms. The first kappa shape index (κ1) is 18.7. The van der Waals surface area contributed by atoms with Gasteiger partial charge in [-0.2, -0.15) is 0 Å². The van der Waals surface area contributed by atoms with Crippen LogP contribution in [0.25, 0.3) is 0 Å². The maximum atomic E-state index is 13.4. The predicted molar refractivity (Wildman–Crippen MR) is 100 cm³/mol. The van der Waals surface area contributed by atoms with Crippen LogP contribution in [0, 0.1) is 17.8 Å².